The van der Waals surface area contributed by atoms with Crippen LogP contribution in [0.25, 0.3) is 0 Å². The van der Waals surface area contributed by atoms with Crippen LogP contribution in [0.2, 0.25) is 5.02 Å². The van der Waals surface area contributed by atoms with E-state index in [1.165, 1.54) is 22.3 Å². The third-order valence-electron chi connectivity index (χ3n) is 3.54. The molecule has 0 saturated heterocycles. The van der Waals surface area contributed by atoms with E-state index in [1.807, 2.05) is 12.1 Å². The fourth-order valence-corrected chi connectivity index (χ4v) is 2.24. The molecule has 0 aromatic heterocycles. The third kappa shape index (κ3) is 4.09. The normalized spacial score (nSPS) is 10.7. The number of hydrogen-bond donors (Lipinski definition) is 1. The van der Waals surface area contributed by atoms with Crippen molar-refractivity contribution in [2.45, 2.75) is 26.8 Å². The molecule has 2 aromatic carbocycles. The van der Waals surface area contributed by atoms with Crippen LogP contribution in [-0.2, 0) is 13.0 Å². The fraction of sp³-hybridized carbons (Fsp3) is 0.294. The third-order valence-corrected chi connectivity index (χ3v) is 3.79. The first kappa shape index (κ1) is 14.1. The van der Waals surface area contributed by atoms with Crippen molar-refractivity contribution in [2.75, 3.05) is 6.54 Å². The largest absolute Gasteiger partial charge is 0.312 e. The Bertz CT molecular complexity index is 531. The molecule has 0 aliphatic carbocycles. The second kappa shape index (κ2) is 6.74. The minimum absolute atomic E-state index is 0.798. The minimum Gasteiger partial charge on any atom is -0.312 e. The molecule has 1 N–H and O–H groups in total. The lowest BCUT2D eigenvalue weighted by Crippen LogP contribution is -2.17. The second-order valence-corrected chi connectivity index (χ2v) is 5.35. The molecule has 0 aliphatic rings. The first-order chi connectivity index (χ1) is 9.16. The van der Waals surface area contributed by atoms with Gasteiger partial charge >= 0.3 is 0 Å². The van der Waals surface area contributed by atoms with Gasteiger partial charge in [-0.1, -0.05) is 41.9 Å². The van der Waals surface area contributed by atoms with Crippen LogP contribution >= 0.6 is 11.6 Å². The van der Waals surface area contributed by atoms with E-state index >= 15 is 0 Å². The average Bonchev–Trinajstić information content (AvgIpc) is 2.41. The maximum atomic E-state index is 5.87. The van der Waals surface area contributed by atoms with Crippen LogP contribution in [0.3, 0.4) is 0 Å². The summed E-state index contributed by atoms with van der Waals surface area (Å²) < 4.78 is 0. The highest BCUT2D eigenvalue weighted by Gasteiger charge is 2.00. The number of halogens is 1. The summed E-state index contributed by atoms with van der Waals surface area (Å²) in [5, 5.41) is 4.30. The van der Waals surface area contributed by atoms with Crippen molar-refractivity contribution >= 4 is 11.6 Å². The van der Waals surface area contributed by atoms with Crippen molar-refractivity contribution in [3.8, 4) is 0 Å². The van der Waals surface area contributed by atoms with Crippen LogP contribution in [0.15, 0.2) is 42.5 Å². The number of hydrogen-bond acceptors (Lipinski definition) is 1. The fourth-order valence-electron chi connectivity index (χ4n) is 2.11. The molecule has 0 fully saturated rings. The van der Waals surface area contributed by atoms with E-state index < -0.39 is 0 Å². The maximum absolute atomic E-state index is 5.87. The summed E-state index contributed by atoms with van der Waals surface area (Å²) in [5.74, 6) is 0. The van der Waals surface area contributed by atoms with Crippen LogP contribution < -0.4 is 5.32 Å². The van der Waals surface area contributed by atoms with Gasteiger partial charge in [-0.2, -0.15) is 0 Å². The Kier molecular flexibility index (Phi) is 5.00. The van der Waals surface area contributed by atoms with Gasteiger partial charge in [0.15, 0.2) is 0 Å². The van der Waals surface area contributed by atoms with Gasteiger partial charge in [-0.05, 0) is 61.2 Å². The highest BCUT2D eigenvalue weighted by molar-refractivity contribution is 6.30. The van der Waals surface area contributed by atoms with Gasteiger partial charge < -0.3 is 5.32 Å². The predicted octanol–water partition coefficient (Wildman–Crippen LogP) is 4.29. The average molecular weight is 274 g/mol. The Morgan fingerprint density at radius 2 is 1.74 bits per heavy atom. The molecule has 2 heteroatoms. The SMILES string of the molecule is Cc1cccc(CNCCc2ccc(Cl)cc2)c1C. The standard InChI is InChI=1S/C17H20ClN/c1-13-4-3-5-16(14(13)2)12-19-11-10-15-6-8-17(18)9-7-15/h3-9,19H,10-12H2,1-2H3. The molecule has 0 radical (unpaired) electrons. The second-order valence-electron chi connectivity index (χ2n) is 4.91. The van der Waals surface area contributed by atoms with E-state index in [0.29, 0.717) is 0 Å². The van der Waals surface area contributed by atoms with Crippen LogP contribution in [0, 0.1) is 13.8 Å². The van der Waals surface area contributed by atoms with Crippen LogP contribution in [0.4, 0.5) is 0 Å². The smallest absolute Gasteiger partial charge is 0.0406 e. The van der Waals surface area contributed by atoms with E-state index in [1.54, 1.807) is 0 Å². The van der Waals surface area contributed by atoms with E-state index in [2.05, 4.69) is 49.5 Å². The lowest BCUT2D eigenvalue weighted by atomic mass is 10.0. The number of rotatable bonds is 5. The lowest BCUT2D eigenvalue weighted by Gasteiger charge is -2.10. The quantitative estimate of drug-likeness (QED) is 0.802. The lowest BCUT2D eigenvalue weighted by molar-refractivity contribution is 0.684. The number of nitrogens with one attached hydrogen (secondary N) is 1. The van der Waals surface area contributed by atoms with Gasteiger partial charge in [0.1, 0.15) is 0 Å². The Balaban J connectivity index is 1.81. The molecule has 0 saturated carbocycles. The highest BCUT2D eigenvalue weighted by Crippen LogP contribution is 2.12. The molecule has 1 nitrogen and oxygen atoms in total. The number of aryl methyl sites for hydroxylation is 1. The molecule has 0 unspecified atom stereocenters. The Morgan fingerprint density at radius 1 is 1.00 bits per heavy atom. The van der Waals surface area contributed by atoms with Gasteiger partial charge in [0.2, 0.25) is 0 Å². The van der Waals surface area contributed by atoms with Crippen molar-refractivity contribution < 1.29 is 0 Å². The van der Waals surface area contributed by atoms with Crippen molar-refractivity contribution in [1.82, 2.24) is 5.32 Å². The van der Waals surface area contributed by atoms with E-state index in [4.69, 9.17) is 11.6 Å². The van der Waals surface area contributed by atoms with Crippen molar-refractivity contribution in [2.24, 2.45) is 0 Å². The molecule has 0 bridgehead atoms. The minimum atomic E-state index is 0.798. The van der Waals surface area contributed by atoms with Gasteiger partial charge in [0, 0.05) is 11.6 Å². The van der Waals surface area contributed by atoms with Crippen molar-refractivity contribution in [3.63, 3.8) is 0 Å². The molecule has 0 atom stereocenters. The molecule has 19 heavy (non-hydrogen) atoms. The first-order valence-electron chi connectivity index (χ1n) is 6.67. The van der Waals surface area contributed by atoms with Crippen LogP contribution in [-0.4, -0.2) is 6.54 Å². The molecule has 0 aliphatic heterocycles. The molecule has 0 spiro atoms. The summed E-state index contributed by atoms with van der Waals surface area (Å²) in [6, 6.07) is 14.5. The van der Waals surface area contributed by atoms with Crippen molar-refractivity contribution in [1.29, 1.82) is 0 Å². The highest BCUT2D eigenvalue weighted by atomic mass is 35.5. The summed E-state index contributed by atoms with van der Waals surface area (Å²) in [6.07, 6.45) is 1.03. The van der Waals surface area contributed by atoms with Crippen LogP contribution in [0.5, 0.6) is 0 Å². The molecule has 2 aromatic rings. The van der Waals surface area contributed by atoms with E-state index in [9.17, 15) is 0 Å². The Morgan fingerprint density at radius 3 is 2.47 bits per heavy atom. The zero-order valence-corrected chi connectivity index (χ0v) is 12.3. The van der Waals surface area contributed by atoms with Gasteiger partial charge in [0.05, 0.1) is 0 Å². The zero-order chi connectivity index (χ0) is 13.7. The molecule has 2 rings (SSSR count). The summed E-state index contributed by atoms with van der Waals surface area (Å²) in [7, 11) is 0. The Labute approximate surface area is 120 Å². The van der Waals surface area contributed by atoms with E-state index in [-0.39, 0.29) is 0 Å². The molecule has 0 amide bonds. The summed E-state index contributed by atoms with van der Waals surface area (Å²) >= 11 is 5.87. The molecule has 0 heterocycles. The monoisotopic (exact) mass is 273 g/mol. The zero-order valence-electron chi connectivity index (χ0n) is 11.5. The van der Waals surface area contributed by atoms with Gasteiger partial charge in [-0.15, -0.1) is 0 Å². The summed E-state index contributed by atoms with van der Waals surface area (Å²) in [6.45, 7) is 6.26. The summed E-state index contributed by atoms with van der Waals surface area (Å²) in [4.78, 5) is 0. The van der Waals surface area contributed by atoms with Gasteiger partial charge in [-0.25, -0.2) is 0 Å². The molecule has 100 valence electrons. The van der Waals surface area contributed by atoms with Crippen molar-refractivity contribution in [3.05, 3.63) is 69.7 Å². The van der Waals surface area contributed by atoms with E-state index in [0.717, 1.165) is 24.5 Å². The van der Waals surface area contributed by atoms with Gasteiger partial charge in [0.25, 0.3) is 0 Å². The molecular formula is C17H20ClN. The molecular weight excluding hydrogens is 254 g/mol. The number of benzene rings is 2. The maximum Gasteiger partial charge on any atom is 0.0406 e. The predicted molar refractivity (Wildman–Crippen MR) is 82.8 cm³/mol. The van der Waals surface area contributed by atoms with Crippen LogP contribution in [0.1, 0.15) is 22.3 Å². The first-order valence-corrected chi connectivity index (χ1v) is 7.05. The topological polar surface area (TPSA) is 12.0 Å². The Hall–Kier alpha value is -1.31. The summed E-state index contributed by atoms with van der Waals surface area (Å²) in [5.41, 5.74) is 5.45. The van der Waals surface area contributed by atoms with Gasteiger partial charge in [-0.3, -0.25) is 0 Å².